The van der Waals surface area contributed by atoms with Crippen LogP contribution in [-0.2, 0) is 6.54 Å². The third-order valence-electron chi connectivity index (χ3n) is 10.2. The topological polar surface area (TPSA) is 128 Å². The van der Waals surface area contributed by atoms with E-state index in [1.807, 2.05) is 19.1 Å². The Kier molecular flexibility index (Phi) is 7.58. The van der Waals surface area contributed by atoms with Crippen molar-refractivity contribution in [3.05, 3.63) is 35.7 Å². The van der Waals surface area contributed by atoms with Crippen LogP contribution in [0.25, 0.3) is 0 Å². The van der Waals surface area contributed by atoms with Gasteiger partial charge in [-0.2, -0.15) is 10.2 Å². The first-order valence-corrected chi connectivity index (χ1v) is 15.0. The number of nitrogens with zero attached hydrogens (tertiary/aromatic N) is 4. The molecule has 5 aliphatic carbocycles. The van der Waals surface area contributed by atoms with Crippen LogP contribution in [0.4, 0.5) is 11.8 Å². The van der Waals surface area contributed by atoms with E-state index in [1.54, 1.807) is 19.5 Å². The molecule has 0 saturated heterocycles. The van der Waals surface area contributed by atoms with Crippen molar-refractivity contribution in [2.75, 3.05) is 30.8 Å². The van der Waals surface area contributed by atoms with Crippen molar-refractivity contribution in [3.63, 3.8) is 0 Å². The van der Waals surface area contributed by atoms with Gasteiger partial charge >= 0.3 is 0 Å². The number of aromatic nitrogens is 3. The van der Waals surface area contributed by atoms with Crippen LogP contribution in [0, 0.1) is 40.4 Å². The number of methoxy groups -OCH3 is 1. The van der Waals surface area contributed by atoms with E-state index in [2.05, 4.69) is 32.0 Å². The highest BCUT2D eigenvalue weighted by molar-refractivity contribution is 5.53. The molecule has 9 nitrogen and oxygen atoms in total. The Hall–Kier alpha value is -2.96. The minimum Gasteiger partial charge on any atom is -0.481 e. The van der Waals surface area contributed by atoms with Gasteiger partial charge in [0.25, 0.3) is 0 Å². The summed E-state index contributed by atoms with van der Waals surface area (Å²) in [7, 11) is 1.61. The number of hydrogen-bond acceptors (Lipinski definition) is 9. The summed E-state index contributed by atoms with van der Waals surface area (Å²) in [6, 6.07) is 6.72. The molecular formula is C31H43N7O2. The molecule has 9 heteroatoms. The Labute approximate surface area is 237 Å². The molecule has 0 spiro atoms. The predicted octanol–water partition coefficient (Wildman–Crippen LogP) is 4.50. The number of ether oxygens (including phenoxy) is 1. The Morgan fingerprint density at radius 3 is 2.62 bits per heavy atom. The number of rotatable bonds is 10. The molecule has 0 aliphatic heterocycles. The zero-order valence-electron chi connectivity index (χ0n) is 23.8. The summed E-state index contributed by atoms with van der Waals surface area (Å²) in [5, 5.41) is 30.9. The molecule has 5 fully saturated rings. The number of anilines is 2. The summed E-state index contributed by atoms with van der Waals surface area (Å²) in [5.74, 6) is 4.62. The number of nitriles is 1. The average molecular weight is 546 g/mol. The lowest BCUT2D eigenvalue weighted by atomic mass is 9.48. The monoisotopic (exact) mass is 545 g/mol. The minimum atomic E-state index is -0.461. The molecule has 0 amide bonds. The van der Waals surface area contributed by atoms with Crippen LogP contribution in [0.3, 0.4) is 0 Å². The van der Waals surface area contributed by atoms with Gasteiger partial charge in [0.1, 0.15) is 17.5 Å². The lowest BCUT2D eigenvalue weighted by Gasteiger charge is -2.60. The van der Waals surface area contributed by atoms with E-state index in [4.69, 9.17) is 9.72 Å². The standard InChI is InChI=1S/C31H43N7O2/c1-30(39)7-5-20(6-8-30)16-34-26-23-10-21-11-24(26)14-31(12-21,13-23)19-37-27-25(15-32)18-36-29(38-27)35-17-22-4-3-9-33-28(22)40-2/h3-4,9,18,20-21,23-24,26,34,39H,5-8,10-14,16-17,19H2,1-2H3,(H2,35,36,37,38)/t20?,21?,23-,24+,26?,30?,31?. The number of hydrogen-bond donors (Lipinski definition) is 4. The van der Waals surface area contributed by atoms with Gasteiger partial charge in [0.15, 0.2) is 0 Å². The lowest BCUT2D eigenvalue weighted by molar-refractivity contribution is -0.0711. The highest BCUT2D eigenvalue weighted by Gasteiger charge is 2.55. The van der Waals surface area contributed by atoms with Gasteiger partial charge in [-0.15, -0.1) is 0 Å². The van der Waals surface area contributed by atoms with E-state index in [-0.39, 0.29) is 5.41 Å². The van der Waals surface area contributed by atoms with Crippen LogP contribution in [0.2, 0.25) is 0 Å². The predicted molar refractivity (Wildman–Crippen MR) is 154 cm³/mol. The van der Waals surface area contributed by atoms with Crippen molar-refractivity contribution < 1.29 is 9.84 Å². The fraction of sp³-hybridized carbons (Fsp3) is 0.677. The maximum atomic E-state index is 10.3. The maximum Gasteiger partial charge on any atom is 0.224 e. The third kappa shape index (κ3) is 5.75. The molecule has 0 radical (unpaired) electrons. The second-order valence-corrected chi connectivity index (χ2v) is 13.3. The third-order valence-corrected chi connectivity index (χ3v) is 10.2. The molecule has 5 atom stereocenters. The van der Waals surface area contributed by atoms with Crippen molar-refractivity contribution in [1.29, 1.82) is 5.26 Å². The molecule has 214 valence electrons. The molecule has 40 heavy (non-hydrogen) atoms. The zero-order chi connectivity index (χ0) is 27.7. The van der Waals surface area contributed by atoms with Crippen molar-refractivity contribution >= 4 is 11.8 Å². The van der Waals surface area contributed by atoms with Gasteiger partial charge in [-0.05, 0) is 106 Å². The maximum absolute atomic E-state index is 10.3. The molecule has 4 N–H and O–H groups in total. The van der Waals surface area contributed by atoms with Crippen LogP contribution in [0.1, 0.15) is 75.8 Å². The molecule has 2 aromatic rings. The minimum absolute atomic E-state index is 0.270. The second kappa shape index (κ2) is 11.1. The molecule has 5 saturated carbocycles. The summed E-state index contributed by atoms with van der Waals surface area (Å²) < 4.78 is 5.35. The van der Waals surface area contributed by atoms with Crippen LogP contribution in [0.15, 0.2) is 24.5 Å². The van der Waals surface area contributed by atoms with Crippen molar-refractivity contribution in [2.24, 2.45) is 29.1 Å². The molecule has 3 unspecified atom stereocenters. The first kappa shape index (κ1) is 27.2. The number of nitrogens with one attached hydrogen (secondary N) is 3. The highest BCUT2D eigenvalue weighted by atomic mass is 16.5. The van der Waals surface area contributed by atoms with E-state index >= 15 is 0 Å². The van der Waals surface area contributed by atoms with Crippen LogP contribution in [-0.4, -0.2) is 51.9 Å². The highest BCUT2D eigenvalue weighted by Crippen LogP contribution is 2.60. The summed E-state index contributed by atoms with van der Waals surface area (Å²) in [6.45, 7) is 4.41. The van der Waals surface area contributed by atoms with E-state index in [0.29, 0.717) is 41.7 Å². The molecule has 5 aliphatic rings. The van der Waals surface area contributed by atoms with Gasteiger partial charge in [0.05, 0.1) is 18.9 Å². The van der Waals surface area contributed by atoms with Crippen LogP contribution >= 0.6 is 0 Å². The van der Waals surface area contributed by atoms with E-state index in [1.165, 1.54) is 32.1 Å². The SMILES string of the molecule is COc1ncccc1CNc1ncc(C#N)c(NCC23CC4C[C@H](C2)C(NCC2CCC(C)(O)CC2)[C@@H](C4)C3)n1. The Bertz CT molecular complexity index is 1220. The number of aliphatic hydroxyl groups is 1. The normalized spacial score (nSPS) is 34.3. The van der Waals surface area contributed by atoms with Crippen LogP contribution in [0.5, 0.6) is 5.88 Å². The molecular weight excluding hydrogens is 502 g/mol. The van der Waals surface area contributed by atoms with Crippen molar-refractivity contribution in [3.8, 4) is 11.9 Å². The fourth-order valence-electron chi connectivity index (χ4n) is 8.42. The summed E-state index contributed by atoms with van der Waals surface area (Å²) in [4.78, 5) is 13.3. The van der Waals surface area contributed by atoms with Crippen molar-refractivity contribution in [2.45, 2.75) is 82.9 Å². The first-order valence-electron chi connectivity index (χ1n) is 15.0. The molecule has 0 aromatic carbocycles. The van der Waals surface area contributed by atoms with E-state index in [0.717, 1.165) is 62.1 Å². The lowest BCUT2D eigenvalue weighted by Crippen LogP contribution is -2.60. The van der Waals surface area contributed by atoms with Crippen molar-refractivity contribution in [1.82, 2.24) is 20.3 Å². The average Bonchev–Trinajstić information content (AvgIpc) is 2.95. The smallest absolute Gasteiger partial charge is 0.224 e. The van der Waals surface area contributed by atoms with Crippen LogP contribution < -0.4 is 20.7 Å². The summed E-state index contributed by atoms with van der Waals surface area (Å²) >= 11 is 0. The summed E-state index contributed by atoms with van der Waals surface area (Å²) in [6.07, 6.45) is 13.9. The molecule has 7 rings (SSSR count). The van der Waals surface area contributed by atoms with Gasteiger partial charge < -0.3 is 25.8 Å². The fourth-order valence-corrected chi connectivity index (χ4v) is 8.42. The van der Waals surface area contributed by atoms with E-state index in [9.17, 15) is 10.4 Å². The van der Waals surface area contributed by atoms with Gasteiger partial charge in [0, 0.05) is 30.9 Å². The van der Waals surface area contributed by atoms with E-state index < -0.39 is 5.60 Å². The molecule has 2 aromatic heterocycles. The molecule has 2 heterocycles. The Balaban J connectivity index is 1.07. The summed E-state index contributed by atoms with van der Waals surface area (Å²) in [5.41, 5.74) is 1.20. The van der Waals surface area contributed by atoms with Gasteiger partial charge in [-0.3, -0.25) is 0 Å². The zero-order valence-corrected chi connectivity index (χ0v) is 23.8. The van der Waals surface area contributed by atoms with Gasteiger partial charge in [-0.1, -0.05) is 6.07 Å². The Morgan fingerprint density at radius 1 is 1.12 bits per heavy atom. The largest absolute Gasteiger partial charge is 0.481 e. The van der Waals surface area contributed by atoms with Gasteiger partial charge in [0.2, 0.25) is 11.8 Å². The van der Waals surface area contributed by atoms with Gasteiger partial charge in [-0.25, -0.2) is 9.97 Å². The second-order valence-electron chi connectivity index (χ2n) is 13.3. The first-order chi connectivity index (χ1) is 19.4. The quantitative estimate of drug-likeness (QED) is 0.341. The Morgan fingerprint density at radius 2 is 1.90 bits per heavy atom. The number of pyridine rings is 1. The molecule has 4 bridgehead atoms.